The summed E-state index contributed by atoms with van der Waals surface area (Å²) in [5, 5.41) is 9.99. The zero-order valence-corrected chi connectivity index (χ0v) is 16.2. The van der Waals surface area contributed by atoms with Crippen molar-refractivity contribution in [3.63, 3.8) is 0 Å². The van der Waals surface area contributed by atoms with Crippen molar-refractivity contribution in [2.45, 2.75) is 13.8 Å². The van der Waals surface area contributed by atoms with Crippen molar-refractivity contribution in [2.75, 3.05) is 5.32 Å². The number of amides is 1. The van der Waals surface area contributed by atoms with E-state index in [2.05, 4.69) is 26.4 Å². The van der Waals surface area contributed by atoms with Crippen LogP contribution in [0.3, 0.4) is 0 Å². The second-order valence-corrected chi connectivity index (χ2v) is 7.62. The van der Waals surface area contributed by atoms with Crippen molar-refractivity contribution in [2.24, 2.45) is 0 Å². The summed E-state index contributed by atoms with van der Waals surface area (Å²) in [7, 11) is 0. The first-order chi connectivity index (χ1) is 13.6. The van der Waals surface area contributed by atoms with Gasteiger partial charge in [-0.05, 0) is 49.8 Å². The van der Waals surface area contributed by atoms with E-state index in [-0.39, 0.29) is 5.91 Å². The molecule has 2 N–H and O–H groups in total. The number of nitrogens with one attached hydrogen (secondary N) is 2. The molecule has 0 atom stereocenters. The molecule has 5 rings (SSSR count). The van der Waals surface area contributed by atoms with Gasteiger partial charge in [0.1, 0.15) is 0 Å². The Labute approximate surface area is 165 Å². The molecule has 1 aliphatic heterocycles. The summed E-state index contributed by atoms with van der Waals surface area (Å²) in [6, 6.07) is 9.88. The zero-order chi connectivity index (χ0) is 19.3. The Morgan fingerprint density at radius 1 is 1.21 bits per heavy atom. The molecule has 4 heterocycles. The number of carbonyl (C=O) groups is 1. The van der Waals surface area contributed by atoms with E-state index < -0.39 is 0 Å². The SMILES string of the molecule is Cc1cc(C)c(/C=C2\C(=O)Nc3ccc(-c4csc(-n5cccn5)n4)cc32)[nH]1. The van der Waals surface area contributed by atoms with Crippen molar-refractivity contribution in [3.8, 4) is 16.4 Å². The number of thiazole rings is 1. The van der Waals surface area contributed by atoms with Crippen LogP contribution in [-0.4, -0.2) is 25.7 Å². The number of nitrogens with zero attached hydrogens (tertiary/aromatic N) is 3. The third kappa shape index (κ3) is 2.76. The number of benzene rings is 1. The van der Waals surface area contributed by atoms with Gasteiger partial charge in [0, 0.05) is 46.0 Å². The first kappa shape index (κ1) is 16.7. The molecule has 138 valence electrons. The van der Waals surface area contributed by atoms with Crippen molar-refractivity contribution in [1.82, 2.24) is 19.7 Å². The van der Waals surface area contributed by atoms with E-state index in [1.54, 1.807) is 10.9 Å². The third-order valence-electron chi connectivity index (χ3n) is 4.77. The Morgan fingerprint density at radius 2 is 2.11 bits per heavy atom. The van der Waals surface area contributed by atoms with E-state index in [1.807, 2.05) is 55.8 Å². The molecule has 28 heavy (non-hydrogen) atoms. The molecule has 0 fully saturated rings. The number of hydrogen-bond acceptors (Lipinski definition) is 4. The lowest BCUT2D eigenvalue weighted by molar-refractivity contribution is -0.110. The predicted molar refractivity (Wildman–Crippen MR) is 111 cm³/mol. The number of hydrogen-bond donors (Lipinski definition) is 2. The van der Waals surface area contributed by atoms with Crippen LogP contribution in [0.15, 0.2) is 48.1 Å². The van der Waals surface area contributed by atoms with Crippen LogP contribution < -0.4 is 5.32 Å². The molecule has 3 aromatic heterocycles. The number of aromatic amines is 1. The molecular formula is C21H17N5OS. The third-order valence-corrected chi connectivity index (χ3v) is 5.60. The van der Waals surface area contributed by atoms with Gasteiger partial charge in [-0.3, -0.25) is 4.79 Å². The van der Waals surface area contributed by atoms with Gasteiger partial charge in [-0.1, -0.05) is 6.07 Å². The van der Waals surface area contributed by atoms with E-state index in [9.17, 15) is 4.79 Å². The summed E-state index contributed by atoms with van der Waals surface area (Å²) in [5.74, 6) is -0.0886. The fourth-order valence-corrected chi connectivity index (χ4v) is 4.19. The normalized spacial score (nSPS) is 14.5. The molecule has 7 heteroatoms. The van der Waals surface area contributed by atoms with E-state index in [0.29, 0.717) is 5.57 Å². The van der Waals surface area contributed by atoms with Gasteiger partial charge in [0.2, 0.25) is 5.13 Å². The topological polar surface area (TPSA) is 75.6 Å². The largest absolute Gasteiger partial charge is 0.359 e. The Bertz CT molecular complexity index is 1230. The molecule has 1 aromatic carbocycles. The molecule has 6 nitrogen and oxygen atoms in total. The number of anilines is 1. The number of rotatable bonds is 3. The molecule has 0 saturated heterocycles. The van der Waals surface area contributed by atoms with E-state index in [1.165, 1.54) is 11.3 Å². The number of aromatic nitrogens is 4. The Balaban J connectivity index is 1.56. The van der Waals surface area contributed by atoms with Crippen LogP contribution in [-0.2, 0) is 4.79 Å². The lowest BCUT2D eigenvalue weighted by Gasteiger charge is -2.03. The summed E-state index contributed by atoms with van der Waals surface area (Å²) in [6.45, 7) is 4.04. The second kappa shape index (κ2) is 6.31. The number of carbonyl (C=O) groups excluding carboxylic acids is 1. The Kier molecular flexibility index (Phi) is 3.77. The maximum absolute atomic E-state index is 12.5. The van der Waals surface area contributed by atoms with Crippen molar-refractivity contribution < 1.29 is 4.79 Å². The van der Waals surface area contributed by atoms with Crippen LogP contribution in [0.5, 0.6) is 0 Å². The molecule has 0 bridgehead atoms. The van der Waals surface area contributed by atoms with E-state index in [4.69, 9.17) is 0 Å². The minimum atomic E-state index is -0.0886. The average Bonchev–Trinajstić information content (AvgIpc) is 3.44. The first-order valence-electron chi connectivity index (χ1n) is 8.88. The molecular weight excluding hydrogens is 370 g/mol. The molecule has 0 radical (unpaired) electrons. The first-order valence-corrected chi connectivity index (χ1v) is 9.76. The molecule has 1 amide bonds. The van der Waals surface area contributed by atoms with Gasteiger partial charge in [0.15, 0.2) is 0 Å². The molecule has 0 spiro atoms. The smallest absolute Gasteiger partial charge is 0.256 e. The van der Waals surface area contributed by atoms with Crippen molar-refractivity contribution in [3.05, 3.63) is 70.6 Å². The van der Waals surface area contributed by atoms with Crippen LogP contribution in [0.25, 0.3) is 28.0 Å². The summed E-state index contributed by atoms with van der Waals surface area (Å²) in [4.78, 5) is 20.5. The van der Waals surface area contributed by atoms with Crippen LogP contribution in [0, 0.1) is 13.8 Å². The molecule has 0 unspecified atom stereocenters. The zero-order valence-electron chi connectivity index (χ0n) is 15.4. The minimum absolute atomic E-state index is 0.0886. The van der Waals surface area contributed by atoms with Gasteiger partial charge >= 0.3 is 0 Å². The summed E-state index contributed by atoms with van der Waals surface area (Å²) < 4.78 is 1.74. The average molecular weight is 387 g/mol. The van der Waals surface area contributed by atoms with Gasteiger partial charge in [-0.15, -0.1) is 11.3 Å². The maximum Gasteiger partial charge on any atom is 0.256 e. The van der Waals surface area contributed by atoms with Crippen LogP contribution in [0.4, 0.5) is 5.69 Å². The lowest BCUT2D eigenvalue weighted by atomic mass is 10.0. The van der Waals surface area contributed by atoms with Crippen LogP contribution in [0.1, 0.15) is 22.5 Å². The standard InChI is InChI=1S/C21H17N5OS/c1-12-8-13(2)23-18(12)10-16-15-9-14(4-5-17(15)24-20(16)27)19-11-28-21(25-19)26-7-3-6-22-26/h3-11,23H,1-2H3,(H,24,27)/b16-10-. The van der Waals surface area contributed by atoms with Crippen LogP contribution in [0.2, 0.25) is 0 Å². The highest BCUT2D eigenvalue weighted by Gasteiger charge is 2.25. The molecule has 0 aliphatic carbocycles. The highest BCUT2D eigenvalue weighted by molar-refractivity contribution is 7.12. The molecule has 1 aliphatic rings. The molecule has 4 aromatic rings. The number of aryl methyl sites for hydroxylation is 2. The van der Waals surface area contributed by atoms with Gasteiger partial charge < -0.3 is 10.3 Å². The quantitative estimate of drug-likeness (QED) is 0.511. The monoisotopic (exact) mass is 387 g/mol. The fourth-order valence-electron chi connectivity index (χ4n) is 3.42. The Morgan fingerprint density at radius 3 is 2.86 bits per heavy atom. The van der Waals surface area contributed by atoms with Gasteiger partial charge in [0.05, 0.1) is 11.3 Å². The summed E-state index contributed by atoms with van der Waals surface area (Å²) in [6.07, 6.45) is 5.52. The lowest BCUT2D eigenvalue weighted by Crippen LogP contribution is -2.03. The number of H-pyrrole nitrogens is 1. The maximum atomic E-state index is 12.5. The van der Waals surface area contributed by atoms with Gasteiger partial charge in [-0.2, -0.15) is 5.10 Å². The van der Waals surface area contributed by atoms with E-state index in [0.717, 1.165) is 44.6 Å². The Hall–Kier alpha value is -3.45. The van der Waals surface area contributed by atoms with Crippen LogP contribution >= 0.6 is 11.3 Å². The summed E-state index contributed by atoms with van der Waals surface area (Å²) in [5.41, 5.74) is 7.35. The summed E-state index contributed by atoms with van der Waals surface area (Å²) >= 11 is 1.53. The molecule has 0 saturated carbocycles. The fraction of sp³-hybridized carbons (Fsp3) is 0.0952. The van der Waals surface area contributed by atoms with Gasteiger partial charge in [0.25, 0.3) is 5.91 Å². The van der Waals surface area contributed by atoms with E-state index >= 15 is 0 Å². The van der Waals surface area contributed by atoms with Crippen molar-refractivity contribution in [1.29, 1.82) is 0 Å². The van der Waals surface area contributed by atoms with Crippen molar-refractivity contribution >= 4 is 34.6 Å². The number of fused-ring (bicyclic) bond motifs is 1. The highest BCUT2D eigenvalue weighted by atomic mass is 32.1. The second-order valence-electron chi connectivity index (χ2n) is 6.79. The van der Waals surface area contributed by atoms with Gasteiger partial charge in [-0.25, -0.2) is 9.67 Å². The predicted octanol–water partition coefficient (Wildman–Crippen LogP) is 4.43. The highest BCUT2D eigenvalue weighted by Crippen LogP contribution is 2.37. The minimum Gasteiger partial charge on any atom is -0.359 e.